The molecule has 0 spiro atoms. The van der Waals surface area contributed by atoms with E-state index in [9.17, 15) is 4.79 Å². The number of nitrogens with one attached hydrogen (secondary N) is 1. The fourth-order valence-electron chi connectivity index (χ4n) is 1.84. The highest BCUT2D eigenvalue weighted by Crippen LogP contribution is 2.16. The topological polar surface area (TPSA) is 75.0 Å². The van der Waals surface area contributed by atoms with Gasteiger partial charge >= 0.3 is 0 Å². The second-order valence-electron chi connectivity index (χ2n) is 3.79. The predicted molar refractivity (Wildman–Crippen MR) is 66.7 cm³/mol. The number of amides is 1. The van der Waals surface area contributed by atoms with E-state index in [0.717, 1.165) is 10.9 Å². The Bertz CT molecular complexity index is 520. The van der Waals surface area contributed by atoms with Gasteiger partial charge < -0.3 is 10.6 Å². The molecule has 1 amide bonds. The summed E-state index contributed by atoms with van der Waals surface area (Å²) in [5.74, 6) is -0.0737. The molecule has 0 aliphatic heterocycles. The number of hydrogen-bond donors (Lipinski definition) is 2. The van der Waals surface area contributed by atoms with E-state index in [2.05, 4.69) is 10.2 Å². The number of aromatic amines is 1. The van der Waals surface area contributed by atoms with Crippen LogP contribution in [0.4, 0.5) is 0 Å². The molecule has 1 heterocycles. The number of nitrogens with zero attached hydrogens (tertiary/aromatic N) is 2. The minimum atomic E-state index is -0.0737. The fraction of sp³-hybridized carbons (Fsp3) is 0.333. The van der Waals surface area contributed by atoms with Gasteiger partial charge in [-0.1, -0.05) is 18.2 Å². The number of fused-ring (bicyclic) bond motifs is 1. The zero-order valence-electron chi connectivity index (χ0n) is 9.81. The number of rotatable bonds is 4. The molecule has 0 aliphatic rings. The van der Waals surface area contributed by atoms with E-state index in [0.29, 0.717) is 25.3 Å². The first-order valence-corrected chi connectivity index (χ1v) is 5.70. The third-order valence-corrected chi connectivity index (χ3v) is 2.74. The third-order valence-electron chi connectivity index (χ3n) is 2.74. The number of carbonyl (C=O) groups is 1. The molecule has 0 bridgehead atoms. The molecule has 0 saturated heterocycles. The van der Waals surface area contributed by atoms with Crippen LogP contribution in [0.5, 0.6) is 0 Å². The molecule has 3 N–H and O–H groups in total. The smallest absolute Gasteiger partial charge is 0.275 e. The van der Waals surface area contributed by atoms with Crippen molar-refractivity contribution in [2.24, 2.45) is 5.73 Å². The van der Waals surface area contributed by atoms with Gasteiger partial charge in [-0.2, -0.15) is 5.10 Å². The van der Waals surface area contributed by atoms with E-state index in [4.69, 9.17) is 5.73 Å². The van der Waals surface area contributed by atoms with Crippen LogP contribution >= 0.6 is 0 Å². The molecule has 0 radical (unpaired) electrons. The molecular formula is C12H16N4O. The molecule has 5 heteroatoms. The van der Waals surface area contributed by atoms with E-state index in [-0.39, 0.29) is 5.91 Å². The Balaban J connectivity index is 2.36. The highest BCUT2D eigenvalue weighted by molar-refractivity contribution is 6.04. The van der Waals surface area contributed by atoms with Crippen LogP contribution in [0.25, 0.3) is 10.9 Å². The highest BCUT2D eigenvalue weighted by atomic mass is 16.2. The van der Waals surface area contributed by atoms with Gasteiger partial charge in [-0.05, 0) is 13.0 Å². The lowest BCUT2D eigenvalue weighted by Gasteiger charge is -2.18. The van der Waals surface area contributed by atoms with Crippen LogP contribution < -0.4 is 5.73 Å². The molecule has 0 fully saturated rings. The molecule has 5 nitrogen and oxygen atoms in total. The van der Waals surface area contributed by atoms with Crippen LogP contribution in [-0.2, 0) is 0 Å². The zero-order chi connectivity index (χ0) is 12.3. The number of nitrogens with two attached hydrogens (primary N) is 1. The van der Waals surface area contributed by atoms with Gasteiger partial charge in [0.15, 0.2) is 5.69 Å². The Morgan fingerprint density at radius 2 is 2.24 bits per heavy atom. The summed E-state index contributed by atoms with van der Waals surface area (Å²) in [5.41, 5.74) is 6.83. The van der Waals surface area contributed by atoms with E-state index in [1.165, 1.54) is 0 Å². The van der Waals surface area contributed by atoms with Gasteiger partial charge in [0.2, 0.25) is 0 Å². The number of carbonyl (C=O) groups excluding carboxylic acids is 1. The van der Waals surface area contributed by atoms with Crippen LogP contribution in [0.3, 0.4) is 0 Å². The minimum absolute atomic E-state index is 0.0737. The molecule has 90 valence electrons. The summed E-state index contributed by atoms with van der Waals surface area (Å²) < 4.78 is 0. The van der Waals surface area contributed by atoms with Crippen LogP contribution in [0.1, 0.15) is 17.4 Å². The fourth-order valence-corrected chi connectivity index (χ4v) is 1.84. The van der Waals surface area contributed by atoms with Gasteiger partial charge in [0.25, 0.3) is 5.91 Å². The Labute approximate surface area is 99.6 Å². The summed E-state index contributed by atoms with van der Waals surface area (Å²) in [6.07, 6.45) is 0. The number of para-hydroxylation sites is 1. The summed E-state index contributed by atoms with van der Waals surface area (Å²) in [7, 11) is 0. The molecule has 0 saturated carbocycles. The van der Waals surface area contributed by atoms with Gasteiger partial charge in [-0.3, -0.25) is 9.89 Å². The van der Waals surface area contributed by atoms with E-state index < -0.39 is 0 Å². The van der Waals surface area contributed by atoms with Crippen LogP contribution in [0.2, 0.25) is 0 Å². The summed E-state index contributed by atoms with van der Waals surface area (Å²) in [6.45, 7) is 3.58. The van der Waals surface area contributed by atoms with Crippen molar-refractivity contribution < 1.29 is 4.79 Å². The summed E-state index contributed by atoms with van der Waals surface area (Å²) in [4.78, 5) is 13.9. The average Bonchev–Trinajstić information content (AvgIpc) is 2.79. The largest absolute Gasteiger partial charge is 0.336 e. The molecule has 1 aromatic carbocycles. The van der Waals surface area contributed by atoms with Crippen molar-refractivity contribution in [3.05, 3.63) is 30.0 Å². The van der Waals surface area contributed by atoms with Crippen molar-refractivity contribution >= 4 is 16.8 Å². The maximum atomic E-state index is 12.2. The SMILES string of the molecule is CCN(CCN)C(=O)c1n[nH]c2ccccc12. The second kappa shape index (κ2) is 4.97. The Hall–Kier alpha value is -1.88. The number of aromatic nitrogens is 2. The maximum absolute atomic E-state index is 12.2. The molecule has 17 heavy (non-hydrogen) atoms. The lowest BCUT2D eigenvalue weighted by molar-refractivity contribution is 0.0765. The molecule has 2 aromatic rings. The van der Waals surface area contributed by atoms with Crippen molar-refractivity contribution in [1.29, 1.82) is 0 Å². The van der Waals surface area contributed by atoms with Gasteiger partial charge in [0, 0.05) is 25.0 Å². The summed E-state index contributed by atoms with van der Waals surface area (Å²) in [6, 6.07) is 7.60. The second-order valence-corrected chi connectivity index (χ2v) is 3.79. The van der Waals surface area contributed by atoms with Crippen molar-refractivity contribution in [2.75, 3.05) is 19.6 Å². The normalized spacial score (nSPS) is 10.7. The van der Waals surface area contributed by atoms with Gasteiger partial charge in [-0.15, -0.1) is 0 Å². The third kappa shape index (κ3) is 2.14. The predicted octanol–water partition coefficient (Wildman–Crippen LogP) is 0.984. The van der Waals surface area contributed by atoms with Gasteiger partial charge in [0.05, 0.1) is 5.52 Å². The maximum Gasteiger partial charge on any atom is 0.275 e. The number of benzene rings is 1. The lowest BCUT2D eigenvalue weighted by atomic mass is 10.2. The Morgan fingerprint density at radius 1 is 1.47 bits per heavy atom. The first-order chi connectivity index (χ1) is 8.27. The van der Waals surface area contributed by atoms with Crippen molar-refractivity contribution in [2.45, 2.75) is 6.92 Å². The van der Waals surface area contributed by atoms with E-state index in [1.807, 2.05) is 31.2 Å². The van der Waals surface area contributed by atoms with Crippen LogP contribution in [-0.4, -0.2) is 40.6 Å². The molecule has 1 aromatic heterocycles. The Kier molecular flexibility index (Phi) is 3.39. The molecule has 0 aliphatic carbocycles. The zero-order valence-corrected chi connectivity index (χ0v) is 9.81. The first kappa shape index (κ1) is 11.6. The minimum Gasteiger partial charge on any atom is -0.336 e. The van der Waals surface area contributed by atoms with Crippen molar-refractivity contribution in [3.63, 3.8) is 0 Å². The van der Waals surface area contributed by atoms with Gasteiger partial charge in [-0.25, -0.2) is 0 Å². The molecule has 0 unspecified atom stereocenters. The van der Waals surface area contributed by atoms with Crippen LogP contribution in [0, 0.1) is 0 Å². The number of hydrogen-bond acceptors (Lipinski definition) is 3. The molecular weight excluding hydrogens is 216 g/mol. The van der Waals surface area contributed by atoms with Crippen molar-refractivity contribution in [3.8, 4) is 0 Å². The van der Waals surface area contributed by atoms with E-state index >= 15 is 0 Å². The lowest BCUT2D eigenvalue weighted by Crippen LogP contribution is -2.35. The monoisotopic (exact) mass is 232 g/mol. The first-order valence-electron chi connectivity index (χ1n) is 5.70. The Morgan fingerprint density at radius 3 is 2.94 bits per heavy atom. The molecule has 2 rings (SSSR count). The summed E-state index contributed by atoms with van der Waals surface area (Å²) in [5, 5.41) is 7.81. The van der Waals surface area contributed by atoms with E-state index in [1.54, 1.807) is 4.90 Å². The van der Waals surface area contributed by atoms with Gasteiger partial charge in [0.1, 0.15) is 0 Å². The number of H-pyrrole nitrogens is 1. The molecule has 0 atom stereocenters. The quantitative estimate of drug-likeness (QED) is 0.825. The van der Waals surface area contributed by atoms with Crippen LogP contribution in [0.15, 0.2) is 24.3 Å². The number of likely N-dealkylation sites (N-methyl/N-ethyl adjacent to an activating group) is 1. The standard InChI is InChI=1S/C12H16N4O/c1-2-16(8-7-13)12(17)11-9-5-3-4-6-10(9)14-15-11/h3-6H,2,7-8,13H2,1H3,(H,14,15). The van der Waals surface area contributed by atoms with Crippen molar-refractivity contribution in [1.82, 2.24) is 15.1 Å². The highest BCUT2D eigenvalue weighted by Gasteiger charge is 2.18. The average molecular weight is 232 g/mol. The summed E-state index contributed by atoms with van der Waals surface area (Å²) >= 11 is 0.